The van der Waals surface area contributed by atoms with Crippen molar-refractivity contribution in [1.82, 2.24) is 14.9 Å². The summed E-state index contributed by atoms with van der Waals surface area (Å²) in [6.07, 6.45) is 3.30. The van der Waals surface area contributed by atoms with Crippen LogP contribution in [0.25, 0.3) is 0 Å². The number of anilines is 2. The number of likely N-dealkylation sites (N-methyl/N-ethyl adjacent to an activating group) is 1. The summed E-state index contributed by atoms with van der Waals surface area (Å²) in [7, 11) is 0. The van der Waals surface area contributed by atoms with Crippen LogP contribution in [-0.2, 0) is 0 Å². The van der Waals surface area contributed by atoms with Crippen LogP contribution in [0.4, 0.5) is 11.5 Å². The lowest BCUT2D eigenvalue weighted by molar-refractivity contribution is 0.102. The van der Waals surface area contributed by atoms with Crippen molar-refractivity contribution in [2.75, 3.05) is 42.9 Å². The molecule has 0 aliphatic carbocycles. The summed E-state index contributed by atoms with van der Waals surface area (Å²) >= 11 is 0. The molecule has 0 unspecified atom stereocenters. The first kappa shape index (κ1) is 21.2. The van der Waals surface area contributed by atoms with Crippen LogP contribution in [0.5, 0.6) is 0 Å². The van der Waals surface area contributed by atoms with Crippen molar-refractivity contribution >= 4 is 17.4 Å². The second kappa shape index (κ2) is 9.35. The first-order chi connectivity index (χ1) is 13.9. The second-order valence-electron chi connectivity index (χ2n) is 8.26. The molecule has 6 heteroatoms. The number of para-hydroxylation sites is 1. The summed E-state index contributed by atoms with van der Waals surface area (Å²) in [6.45, 7) is 15.8. The minimum absolute atomic E-state index is 0.213. The van der Waals surface area contributed by atoms with E-state index in [4.69, 9.17) is 0 Å². The topological polar surface area (TPSA) is 61.4 Å². The van der Waals surface area contributed by atoms with Gasteiger partial charge in [-0.05, 0) is 29.5 Å². The van der Waals surface area contributed by atoms with Crippen molar-refractivity contribution in [1.29, 1.82) is 0 Å². The summed E-state index contributed by atoms with van der Waals surface area (Å²) < 4.78 is 0. The number of nitrogens with zero attached hydrogens (tertiary/aromatic N) is 4. The Morgan fingerprint density at radius 1 is 1.00 bits per heavy atom. The standard InChI is InChI=1S/C23H33N5O/c1-6-27-10-12-28(13-11-27)21-15-24-20(14-25-21)23(29)26-22-18(16(2)3)8-7-9-19(22)17(4)5/h7-9,14-17H,6,10-13H2,1-5H3,(H,26,29). The van der Waals surface area contributed by atoms with E-state index >= 15 is 0 Å². The van der Waals surface area contributed by atoms with E-state index in [-0.39, 0.29) is 5.91 Å². The van der Waals surface area contributed by atoms with Gasteiger partial charge in [-0.2, -0.15) is 0 Å². The maximum absolute atomic E-state index is 12.9. The molecule has 0 atom stereocenters. The highest BCUT2D eigenvalue weighted by molar-refractivity contribution is 6.03. The Hall–Kier alpha value is -2.47. The molecular weight excluding hydrogens is 362 g/mol. The Labute approximate surface area is 174 Å². The summed E-state index contributed by atoms with van der Waals surface area (Å²) in [5.41, 5.74) is 3.53. The normalized spacial score (nSPS) is 15.2. The van der Waals surface area contributed by atoms with Crippen LogP contribution in [0.15, 0.2) is 30.6 Å². The molecule has 2 heterocycles. The molecule has 0 spiro atoms. The van der Waals surface area contributed by atoms with Gasteiger partial charge in [0.05, 0.1) is 12.4 Å². The SMILES string of the molecule is CCN1CCN(c2cnc(C(=O)Nc3c(C(C)C)cccc3C(C)C)cn2)CC1. The van der Waals surface area contributed by atoms with Gasteiger partial charge >= 0.3 is 0 Å². The van der Waals surface area contributed by atoms with E-state index in [9.17, 15) is 4.79 Å². The molecule has 6 nitrogen and oxygen atoms in total. The molecule has 1 aromatic carbocycles. The molecule has 3 rings (SSSR count). The predicted molar refractivity (Wildman–Crippen MR) is 119 cm³/mol. The number of hydrogen-bond acceptors (Lipinski definition) is 5. The van der Waals surface area contributed by atoms with Crippen molar-refractivity contribution in [2.45, 2.75) is 46.5 Å². The number of carbonyl (C=O) groups excluding carboxylic acids is 1. The lowest BCUT2D eigenvalue weighted by Crippen LogP contribution is -2.46. The average Bonchev–Trinajstić information content (AvgIpc) is 2.73. The van der Waals surface area contributed by atoms with Crippen LogP contribution in [0.2, 0.25) is 0 Å². The van der Waals surface area contributed by atoms with Crippen molar-refractivity contribution in [3.05, 3.63) is 47.4 Å². The number of amides is 1. The molecule has 0 radical (unpaired) electrons. The van der Waals surface area contributed by atoms with Crippen LogP contribution >= 0.6 is 0 Å². The average molecular weight is 396 g/mol. The minimum atomic E-state index is -0.213. The molecule has 1 aromatic heterocycles. The first-order valence-corrected chi connectivity index (χ1v) is 10.6. The van der Waals surface area contributed by atoms with Gasteiger partial charge < -0.3 is 15.1 Å². The molecule has 2 aromatic rings. The monoisotopic (exact) mass is 395 g/mol. The molecule has 1 aliphatic heterocycles. The molecule has 1 N–H and O–H groups in total. The number of hydrogen-bond donors (Lipinski definition) is 1. The summed E-state index contributed by atoms with van der Waals surface area (Å²) in [5.74, 6) is 1.26. The Morgan fingerprint density at radius 2 is 1.62 bits per heavy atom. The third-order valence-corrected chi connectivity index (χ3v) is 5.63. The Kier molecular flexibility index (Phi) is 6.85. The highest BCUT2D eigenvalue weighted by Gasteiger charge is 2.20. The smallest absolute Gasteiger partial charge is 0.275 e. The van der Waals surface area contributed by atoms with E-state index in [1.165, 1.54) is 0 Å². The number of carbonyl (C=O) groups is 1. The number of piperazine rings is 1. The molecule has 1 aliphatic rings. The third-order valence-electron chi connectivity index (χ3n) is 5.63. The molecule has 1 fully saturated rings. The van der Waals surface area contributed by atoms with Gasteiger partial charge in [0, 0.05) is 31.9 Å². The zero-order valence-electron chi connectivity index (χ0n) is 18.3. The Balaban J connectivity index is 1.75. The summed E-state index contributed by atoms with van der Waals surface area (Å²) in [5, 5.41) is 3.11. The fourth-order valence-corrected chi connectivity index (χ4v) is 3.77. The van der Waals surface area contributed by atoms with Crippen molar-refractivity contribution in [3.8, 4) is 0 Å². The molecular formula is C23H33N5O. The van der Waals surface area contributed by atoms with Crippen LogP contribution in [0.3, 0.4) is 0 Å². The van der Waals surface area contributed by atoms with E-state index in [1.807, 2.05) is 0 Å². The predicted octanol–water partition coefficient (Wildman–Crippen LogP) is 4.12. The van der Waals surface area contributed by atoms with Crippen molar-refractivity contribution < 1.29 is 4.79 Å². The molecule has 0 bridgehead atoms. The van der Waals surface area contributed by atoms with Gasteiger partial charge in [-0.15, -0.1) is 0 Å². The third kappa shape index (κ3) is 4.93. The second-order valence-corrected chi connectivity index (χ2v) is 8.26. The fourth-order valence-electron chi connectivity index (χ4n) is 3.77. The highest BCUT2D eigenvalue weighted by atomic mass is 16.1. The number of aromatic nitrogens is 2. The summed E-state index contributed by atoms with van der Waals surface area (Å²) in [4.78, 5) is 26.5. The minimum Gasteiger partial charge on any atom is -0.353 e. The maximum atomic E-state index is 12.9. The molecule has 0 saturated carbocycles. The van der Waals surface area contributed by atoms with Gasteiger partial charge in [0.1, 0.15) is 11.5 Å². The van der Waals surface area contributed by atoms with Gasteiger partial charge in [-0.1, -0.05) is 52.8 Å². The molecule has 156 valence electrons. The number of rotatable bonds is 6. The van der Waals surface area contributed by atoms with Gasteiger partial charge in [-0.25, -0.2) is 9.97 Å². The first-order valence-electron chi connectivity index (χ1n) is 10.6. The highest BCUT2D eigenvalue weighted by Crippen LogP contribution is 2.32. The molecule has 1 amide bonds. The molecule has 29 heavy (non-hydrogen) atoms. The van der Waals surface area contributed by atoms with E-state index in [1.54, 1.807) is 12.4 Å². The van der Waals surface area contributed by atoms with Crippen LogP contribution in [0.1, 0.15) is 68.1 Å². The quantitative estimate of drug-likeness (QED) is 0.797. The lowest BCUT2D eigenvalue weighted by Gasteiger charge is -2.34. The van der Waals surface area contributed by atoms with E-state index < -0.39 is 0 Å². The lowest BCUT2D eigenvalue weighted by atomic mass is 9.92. The van der Waals surface area contributed by atoms with Gasteiger partial charge in [0.2, 0.25) is 0 Å². The molecule has 1 saturated heterocycles. The van der Waals surface area contributed by atoms with Crippen LogP contribution < -0.4 is 10.2 Å². The zero-order chi connectivity index (χ0) is 21.0. The Morgan fingerprint density at radius 3 is 2.10 bits per heavy atom. The van der Waals surface area contributed by atoms with Crippen LogP contribution in [-0.4, -0.2) is 53.5 Å². The number of benzene rings is 1. The van der Waals surface area contributed by atoms with E-state index in [0.29, 0.717) is 17.5 Å². The maximum Gasteiger partial charge on any atom is 0.275 e. The van der Waals surface area contributed by atoms with Crippen molar-refractivity contribution in [3.63, 3.8) is 0 Å². The van der Waals surface area contributed by atoms with Gasteiger partial charge in [0.25, 0.3) is 5.91 Å². The van der Waals surface area contributed by atoms with E-state index in [2.05, 4.69) is 77.9 Å². The van der Waals surface area contributed by atoms with Gasteiger partial charge in [-0.3, -0.25) is 4.79 Å². The number of nitrogens with one attached hydrogen (secondary N) is 1. The van der Waals surface area contributed by atoms with Gasteiger partial charge in [0.15, 0.2) is 0 Å². The van der Waals surface area contributed by atoms with Crippen molar-refractivity contribution in [2.24, 2.45) is 0 Å². The Bertz CT molecular complexity index is 797. The largest absolute Gasteiger partial charge is 0.353 e. The zero-order valence-corrected chi connectivity index (χ0v) is 18.3. The van der Waals surface area contributed by atoms with E-state index in [0.717, 1.165) is 55.4 Å². The fraction of sp³-hybridized carbons (Fsp3) is 0.522. The van der Waals surface area contributed by atoms with Crippen LogP contribution in [0, 0.1) is 0 Å². The summed E-state index contributed by atoms with van der Waals surface area (Å²) in [6, 6.07) is 6.22.